The van der Waals surface area contributed by atoms with E-state index < -0.39 is 0 Å². The first-order valence-corrected chi connectivity index (χ1v) is 14.9. The number of hydrogen-bond donors (Lipinski definition) is 0. The van der Waals surface area contributed by atoms with Crippen molar-refractivity contribution in [2.75, 3.05) is 9.80 Å². The summed E-state index contributed by atoms with van der Waals surface area (Å²) >= 11 is 0. The zero-order valence-electron chi connectivity index (χ0n) is 23.7. The van der Waals surface area contributed by atoms with Gasteiger partial charge in [0.25, 0.3) is 0 Å². The molecule has 4 aliphatic rings. The fourth-order valence-electron chi connectivity index (χ4n) is 7.42. The van der Waals surface area contributed by atoms with Crippen molar-refractivity contribution in [2.45, 2.75) is 44.1 Å². The lowest BCUT2D eigenvalue weighted by Gasteiger charge is -2.30. The zero-order valence-corrected chi connectivity index (χ0v) is 23.7. The van der Waals surface area contributed by atoms with E-state index in [-0.39, 0.29) is 5.41 Å². The number of fused-ring (bicyclic) bond motifs is 6. The number of hydrogen-bond acceptors (Lipinski definition) is 2. The van der Waals surface area contributed by atoms with Crippen LogP contribution in [0.3, 0.4) is 0 Å². The first-order chi connectivity index (χ1) is 20.1. The first kappa shape index (κ1) is 24.3. The van der Waals surface area contributed by atoms with Gasteiger partial charge >= 0.3 is 0 Å². The third-order valence-corrected chi connectivity index (χ3v) is 9.39. The number of para-hydroxylation sites is 1. The van der Waals surface area contributed by atoms with Crippen molar-refractivity contribution in [3.05, 3.63) is 156 Å². The molecule has 0 spiro atoms. The van der Waals surface area contributed by atoms with Crippen LogP contribution in [0.5, 0.6) is 0 Å². The number of rotatable bonds is 4. The molecule has 0 fully saturated rings. The molecule has 4 aromatic carbocycles. The first-order valence-electron chi connectivity index (χ1n) is 14.9. The van der Waals surface area contributed by atoms with Crippen LogP contribution in [-0.2, 0) is 5.41 Å². The molecule has 0 saturated heterocycles. The molecule has 0 aromatic heterocycles. The Hall–Kier alpha value is -4.56. The predicted molar refractivity (Wildman–Crippen MR) is 172 cm³/mol. The monoisotopic (exact) mass is 530 g/mol. The largest absolute Gasteiger partial charge is 0.334 e. The van der Waals surface area contributed by atoms with Gasteiger partial charge in [0, 0.05) is 39.8 Å². The van der Waals surface area contributed by atoms with E-state index >= 15 is 0 Å². The average molecular weight is 531 g/mol. The molecule has 200 valence electrons. The molecule has 0 saturated carbocycles. The minimum atomic E-state index is -0.00282. The van der Waals surface area contributed by atoms with Gasteiger partial charge in [0.15, 0.2) is 0 Å². The van der Waals surface area contributed by atoms with Gasteiger partial charge in [-0.25, -0.2) is 0 Å². The van der Waals surface area contributed by atoms with Crippen LogP contribution in [0.4, 0.5) is 22.7 Å². The lowest BCUT2D eigenvalue weighted by Crippen LogP contribution is -2.31. The summed E-state index contributed by atoms with van der Waals surface area (Å²) in [6.45, 7) is 4.69. The van der Waals surface area contributed by atoms with E-state index in [0.29, 0.717) is 12.0 Å². The summed E-state index contributed by atoms with van der Waals surface area (Å²) < 4.78 is 0. The van der Waals surface area contributed by atoms with Crippen molar-refractivity contribution in [3.63, 3.8) is 0 Å². The predicted octanol–water partition coefficient (Wildman–Crippen LogP) is 10.1. The lowest BCUT2D eigenvalue weighted by atomic mass is 9.82. The molecule has 2 heteroatoms. The van der Waals surface area contributed by atoms with Crippen LogP contribution in [0.1, 0.15) is 49.3 Å². The lowest BCUT2D eigenvalue weighted by molar-refractivity contribution is 0.660. The van der Waals surface area contributed by atoms with Gasteiger partial charge in [-0.3, -0.25) is 0 Å². The van der Waals surface area contributed by atoms with Crippen LogP contribution in [-0.4, -0.2) is 6.04 Å². The maximum Gasteiger partial charge on any atom is 0.0629 e. The van der Waals surface area contributed by atoms with Gasteiger partial charge in [0.05, 0.1) is 6.04 Å². The highest BCUT2D eigenvalue weighted by atomic mass is 15.2. The molecule has 2 unspecified atom stereocenters. The second-order valence-corrected chi connectivity index (χ2v) is 12.1. The third kappa shape index (κ3) is 3.70. The molecule has 1 aliphatic heterocycles. The molecule has 0 N–H and O–H groups in total. The topological polar surface area (TPSA) is 6.48 Å². The highest BCUT2D eigenvalue weighted by Crippen LogP contribution is 2.52. The molecule has 8 rings (SSSR count). The van der Waals surface area contributed by atoms with E-state index in [4.69, 9.17) is 0 Å². The smallest absolute Gasteiger partial charge is 0.0629 e. The van der Waals surface area contributed by atoms with Gasteiger partial charge in [0.1, 0.15) is 0 Å². The van der Waals surface area contributed by atoms with Crippen molar-refractivity contribution >= 4 is 22.7 Å². The molecule has 3 aliphatic carbocycles. The van der Waals surface area contributed by atoms with Gasteiger partial charge in [-0.1, -0.05) is 98.8 Å². The number of allylic oxidation sites excluding steroid dienone is 5. The molecule has 41 heavy (non-hydrogen) atoms. The average Bonchev–Trinajstić information content (AvgIpc) is 3.47. The maximum atomic E-state index is 2.54. The third-order valence-electron chi connectivity index (χ3n) is 9.39. The Bertz CT molecular complexity index is 1790. The van der Waals surface area contributed by atoms with Crippen molar-refractivity contribution in [2.24, 2.45) is 0 Å². The molecule has 2 nitrogen and oxygen atoms in total. The van der Waals surface area contributed by atoms with Crippen molar-refractivity contribution in [1.29, 1.82) is 0 Å². The Balaban J connectivity index is 1.28. The van der Waals surface area contributed by atoms with Crippen LogP contribution in [0.15, 0.2) is 139 Å². The molecule has 2 atom stereocenters. The standard InChI is InChI=1S/C39H34N2/c1-39(2)35-19-11-9-17-31(35)33-25-29(21-23-36(33)39)40(27-13-5-3-6-14-27)30-22-24-38-34(26-30)32-18-10-12-20-37(32)41(38)28-15-7-4-8-16-28/h3,5-7,9-26,32,37H,4,8H2,1-2H3. The van der Waals surface area contributed by atoms with E-state index in [1.54, 1.807) is 0 Å². The van der Waals surface area contributed by atoms with Crippen LogP contribution in [0, 0.1) is 0 Å². The second-order valence-electron chi connectivity index (χ2n) is 12.1. The quantitative estimate of drug-likeness (QED) is 0.259. The normalized spacial score (nSPS) is 20.7. The molecular weight excluding hydrogens is 496 g/mol. The molecular formula is C39H34N2. The van der Waals surface area contributed by atoms with Crippen LogP contribution < -0.4 is 9.80 Å². The summed E-state index contributed by atoms with van der Waals surface area (Å²) in [7, 11) is 0. The molecule has 0 bridgehead atoms. The van der Waals surface area contributed by atoms with E-state index in [1.165, 1.54) is 56.3 Å². The fraction of sp³-hybridized carbons (Fsp3) is 0.179. The Morgan fingerprint density at radius 3 is 2.32 bits per heavy atom. The van der Waals surface area contributed by atoms with E-state index in [2.05, 4.69) is 157 Å². The summed E-state index contributed by atoms with van der Waals surface area (Å²) in [6.07, 6.45) is 18.4. The minimum absolute atomic E-state index is 0.00282. The van der Waals surface area contributed by atoms with Gasteiger partial charge in [-0.2, -0.15) is 0 Å². The summed E-state index contributed by atoms with van der Waals surface area (Å²) in [5.41, 5.74) is 13.1. The molecule has 4 aromatic rings. The van der Waals surface area contributed by atoms with Gasteiger partial charge in [0.2, 0.25) is 0 Å². The number of nitrogens with zero attached hydrogens (tertiary/aromatic N) is 2. The van der Waals surface area contributed by atoms with Crippen molar-refractivity contribution < 1.29 is 0 Å². The highest BCUT2D eigenvalue weighted by Gasteiger charge is 2.39. The van der Waals surface area contributed by atoms with Crippen LogP contribution in [0.2, 0.25) is 0 Å². The van der Waals surface area contributed by atoms with Crippen molar-refractivity contribution in [1.82, 2.24) is 0 Å². The van der Waals surface area contributed by atoms with Crippen molar-refractivity contribution in [3.8, 4) is 11.1 Å². The Morgan fingerprint density at radius 2 is 1.46 bits per heavy atom. The van der Waals surface area contributed by atoms with Gasteiger partial charge < -0.3 is 9.80 Å². The highest BCUT2D eigenvalue weighted by molar-refractivity contribution is 5.87. The Morgan fingerprint density at radius 1 is 0.707 bits per heavy atom. The van der Waals surface area contributed by atoms with Crippen LogP contribution in [0.25, 0.3) is 11.1 Å². The van der Waals surface area contributed by atoms with Gasteiger partial charge in [-0.05, 0) is 89.2 Å². The fourth-order valence-corrected chi connectivity index (χ4v) is 7.42. The Kier molecular flexibility index (Phi) is 5.47. The minimum Gasteiger partial charge on any atom is -0.334 e. The maximum absolute atomic E-state index is 2.54. The Labute approximate surface area is 243 Å². The van der Waals surface area contributed by atoms with Gasteiger partial charge in [-0.15, -0.1) is 0 Å². The van der Waals surface area contributed by atoms with E-state index in [9.17, 15) is 0 Å². The summed E-state index contributed by atoms with van der Waals surface area (Å²) in [4.78, 5) is 4.97. The summed E-state index contributed by atoms with van der Waals surface area (Å²) in [5, 5.41) is 0. The molecule has 0 amide bonds. The SMILES string of the molecule is CC1(C)c2ccccc2-c2cc(N(c3ccccc3)c3ccc4c(c3)C3C=CC=CC3N4C3=CCCC=C3)ccc21. The number of benzene rings is 4. The second kappa shape index (κ2) is 9.24. The zero-order chi connectivity index (χ0) is 27.6. The summed E-state index contributed by atoms with van der Waals surface area (Å²) in [6, 6.07) is 34.1. The summed E-state index contributed by atoms with van der Waals surface area (Å²) in [5.74, 6) is 0.330. The van der Waals surface area contributed by atoms with E-state index in [0.717, 1.165) is 12.8 Å². The number of anilines is 4. The van der Waals surface area contributed by atoms with Crippen LogP contribution >= 0.6 is 0 Å². The van der Waals surface area contributed by atoms with E-state index in [1.807, 2.05) is 0 Å². The molecule has 0 radical (unpaired) electrons. The molecule has 1 heterocycles.